The molecule has 2 atom stereocenters. The molecule has 0 spiro atoms. The van der Waals surface area contributed by atoms with E-state index in [1.54, 1.807) is 0 Å². The highest BCUT2D eigenvalue weighted by molar-refractivity contribution is 6.71. The second-order valence-corrected chi connectivity index (χ2v) is 9.54. The molecule has 5 nitrogen and oxygen atoms in total. The molecule has 0 unspecified atom stereocenters. The van der Waals surface area contributed by atoms with Crippen molar-refractivity contribution in [2.45, 2.75) is 45.1 Å². The minimum Gasteiger partial charge on any atom is -0.518 e. The van der Waals surface area contributed by atoms with Crippen LogP contribution in [0.5, 0.6) is 0 Å². The van der Waals surface area contributed by atoms with Gasteiger partial charge in [-0.25, -0.2) is 0 Å². The summed E-state index contributed by atoms with van der Waals surface area (Å²) in [6.45, 7) is 7.35. The van der Waals surface area contributed by atoms with Crippen LogP contribution in [0.3, 0.4) is 0 Å². The molecule has 0 aromatic rings. The molecule has 0 aromatic carbocycles. The van der Waals surface area contributed by atoms with Gasteiger partial charge in [0.1, 0.15) is 6.04 Å². The lowest BCUT2D eigenvalue weighted by Crippen LogP contribution is -2.43. The van der Waals surface area contributed by atoms with E-state index >= 15 is 0 Å². The van der Waals surface area contributed by atoms with E-state index in [4.69, 9.17) is 4.43 Å². The summed E-state index contributed by atoms with van der Waals surface area (Å²) < 4.78 is 5.35. The standard InChI is InChI=1S/C10H19NO4Si/c1-7(12)11-6-8(13)5-9(11)10(14)15-16(2,3)4/h8-9,13H,5-6H2,1-4H3/t8-,9+/m1/s1. The van der Waals surface area contributed by atoms with Crippen molar-refractivity contribution in [3.05, 3.63) is 0 Å². The van der Waals surface area contributed by atoms with Crippen LogP contribution in [0.1, 0.15) is 13.3 Å². The lowest BCUT2D eigenvalue weighted by atomic mass is 10.2. The minimum atomic E-state index is -1.94. The van der Waals surface area contributed by atoms with Gasteiger partial charge in [0.25, 0.3) is 0 Å². The third kappa shape index (κ3) is 3.31. The van der Waals surface area contributed by atoms with E-state index in [1.807, 2.05) is 19.6 Å². The Labute approximate surface area is 96.5 Å². The molecule has 1 amide bonds. The number of rotatable bonds is 2. The van der Waals surface area contributed by atoms with Gasteiger partial charge in [0, 0.05) is 19.9 Å². The molecule has 1 rings (SSSR count). The monoisotopic (exact) mass is 245 g/mol. The zero-order chi connectivity index (χ0) is 12.5. The number of likely N-dealkylation sites (tertiary alicyclic amines) is 1. The van der Waals surface area contributed by atoms with Gasteiger partial charge in [0.15, 0.2) is 0 Å². The van der Waals surface area contributed by atoms with Crippen LogP contribution >= 0.6 is 0 Å². The summed E-state index contributed by atoms with van der Waals surface area (Å²) in [6, 6.07) is -0.612. The summed E-state index contributed by atoms with van der Waals surface area (Å²) in [5.74, 6) is -0.583. The van der Waals surface area contributed by atoms with Gasteiger partial charge < -0.3 is 14.4 Å². The Morgan fingerprint density at radius 2 is 1.94 bits per heavy atom. The predicted octanol–water partition coefficient (Wildman–Crippen LogP) is 0.346. The zero-order valence-electron chi connectivity index (χ0n) is 10.2. The number of hydrogen-bond acceptors (Lipinski definition) is 4. The van der Waals surface area contributed by atoms with Crippen LogP contribution in [0.25, 0.3) is 0 Å². The van der Waals surface area contributed by atoms with E-state index in [2.05, 4.69) is 0 Å². The van der Waals surface area contributed by atoms with Crippen LogP contribution in [-0.2, 0) is 14.0 Å². The number of aliphatic hydroxyl groups is 1. The van der Waals surface area contributed by atoms with Gasteiger partial charge in [-0.2, -0.15) is 0 Å². The number of aliphatic hydroxyl groups excluding tert-OH is 1. The number of hydrogen-bond donors (Lipinski definition) is 1. The number of nitrogens with zero attached hydrogens (tertiary/aromatic N) is 1. The summed E-state index contributed by atoms with van der Waals surface area (Å²) in [6.07, 6.45) is -0.341. The smallest absolute Gasteiger partial charge is 0.315 e. The zero-order valence-corrected chi connectivity index (χ0v) is 11.2. The van der Waals surface area contributed by atoms with Crippen molar-refractivity contribution >= 4 is 20.2 Å². The predicted molar refractivity (Wildman–Crippen MR) is 61.2 cm³/mol. The maximum Gasteiger partial charge on any atom is 0.315 e. The molecule has 1 fully saturated rings. The van der Waals surface area contributed by atoms with Crippen molar-refractivity contribution in [1.82, 2.24) is 4.90 Å². The molecule has 0 aromatic heterocycles. The van der Waals surface area contributed by atoms with E-state index in [0.717, 1.165) is 0 Å². The van der Waals surface area contributed by atoms with E-state index in [1.165, 1.54) is 11.8 Å². The fourth-order valence-electron chi connectivity index (χ4n) is 1.76. The molecule has 16 heavy (non-hydrogen) atoms. The van der Waals surface area contributed by atoms with Gasteiger partial charge in [0.05, 0.1) is 6.10 Å². The largest absolute Gasteiger partial charge is 0.518 e. The summed E-state index contributed by atoms with van der Waals surface area (Å²) in [5.41, 5.74) is 0. The first-order valence-corrected chi connectivity index (χ1v) is 8.79. The van der Waals surface area contributed by atoms with Gasteiger partial charge in [-0.15, -0.1) is 0 Å². The molecule has 0 aliphatic carbocycles. The Kier molecular flexibility index (Phi) is 3.74. The first kappa shape index (κ1) is 13.2. The van der Waals surface area contributed by atoms with E-state index in [-0.39, 0.29) is 24.8 Å². The van der Waals surface area contributed by atoms with Gasteiger partial charge in [0.2, 0.25) is 14.2 Å². The molecule has 6 heteroatoms. The maximum atomic E-state index is 11.8. The van der Waals surface area contributed by atoms with E-state index < -0.39 is 20.5 Å². The van der Waals surface area contributed by atoms with E-state index in [9.17, 15) is 14.7 Å². The van der Waals surface area contributed by atoms with Crippen LogP contribution < -0.4 is 0 Å². The Bertz CT molecular complexity index is 300. The van der Waals surface area contributed by atoms with Crippen molar-refractivity contribution in [1.29, 1.82) is 0 Å². The number of carbonyl (C=O) groups excluding carboxylic acids is 2. The summed E-state index contributed by atoms with van der Waals surface area (Å²) in [7, 11) is -1.94. The van der Waals surface area contributed by atoms with E-state index in [0.29, 0.717) is 0 Å². The Morgan fingerprint density at radius 1 is 1.38 bits per heavy atom. The topological polar surface area (TPSA) is 66.8 Å². The molecule has 0 bridgehead atoms. The lowest BCUT2D eigenvalue weighted by Gasteiger charge is -2.25. The average Bonchev–Trinajstić information content (AvgIpc) is 2.44. The summed E-state index contributed by atoms with van der Waals surface area (Å²) in [5, 5.41) is 9.48. The van der Waals surface area contributed by atoms with Crippen molar-refractivity contribution < 1.29 is 19.1 Å². The number of amides is 1. The summed E-state index contributed by atoms with van der Waals surface area (Å²) in [4.78, 5) is 24.5. The molecule has 1 saturated heterocycles. The van der Waals surface area contributed by atoms with Crippen molar-refractivity contribution in [2.24, 2.45) is 0 Å². The van der Waals surface area contributed by atoms with Crippen molar-refractivity contribution in [2.75, 3.05) is 6.54 Å². The Balaban J connectivity index is 2.71. The first-order valence-electron chi connectivity index (χ1n) is 5.39. The van der Waals surface area contributed by atoms with Crippen LogP contribution in [0.15, 0.2) is 0 Å². The van der Waals surface area contributed by atoms with Gasteiger partial charge >= 0.3 is 5.97 Å². The van der Waals surface area contributed by atoms with Crippen LogP contribution in [-0.4, -0.2) is 48.9 Å². The first-order chi connectivity index (χ1) is 7.20. The fraction of sp³-hybridized carbons (Fsp3) is 0.800. The fourth-order valence-corrected chi connectivity index (χ4v) is 2.49. The Morgan fingerprint density at radius 3 is 2.38 bits per heavy atom. The molecular weight excluding hydrogens is 226 g/mol. The number of β-amino-alcohol motifs (C(OH)–C–C–N with tert-alkyl or cyclic N) is 1. The lowest BCUT2D eigenvalue weighted by molar-refractivity contribution is -0.145. The van der Waals surface area contributed by atoms with Gasteiger partial charge in [-0.05, 0) is 19.6 Å². The highest BCUT2D eigenvalue weighted by Crippen LogP contribution is 2.20. The third-order valence-electron chi connectivity index (χ3n) is 2.36. The van der Waals surface area contributed by atoms with Gasteiger partial charge in [-0.1, -0.05) is 0 Å². The Hall–Kier alpha value is -0.883. The molecule has 1 aliphatic heterocycles. The van der Waals surface area contributed by atoms with Crippen LogP contribution in [0.4, 0.5) is 0 Å². The molecule has 0 saturated carbocycles. The second kappa shape index (κ2) is 4.55. The normalized spacial score (nSPS) is 25.7. The van der Waals surface area contributed by atoms with Gasteiger partial charge in [-0.3, -0.25) is 9.59 Å². The highest BCUT2D eigenvalue weighted by atomic mass is 28.4. The molecule has 92 valence electrons. The molecule has 0 radical (unpaired) electrons. The quantitative estimate of drug-likeness (QED) is 0.713. The average molecular weight is 245 g/mol. The number of carbonyl (C=O) groups is 2. The van der Waals surface area contributed by atoms with Crippen LogP contribution in [0.2, 0.25) is 19.6 Å². The van der Waals surface area contributed by atoms with Crippen LogP contribution in [0, 0.1) is 0 Å². The second-order valence-electron chi connectivity index (χ2n) is 5.11. The molecular formula is C10H19NO4Si. The van der Waals surface area contributed by atoms with Crippen molar-refractivity contribution in [3.8, 4) is 0 Å². The highest BCUT2D eigenvalue weighted by Gasteiger charge is 2.39. The molecule has 1 aliphatic rings. The minimum absolute atomic E-state index is 0.200. The summed E-state index contributed by atoms with van der Waals surface area (Å²) >= 11 is 0. The third-order valence-corrected chi connectivity index (χ3v) is 3.18. The SMILES string of the molecule is CC(=O)N1C[C@H](O)C[C@H]1C(=O)O[Si](C)(C)C. The molecule has 1 N–H and O–H groups in total. The maximum absolute atomic E-state index is 11.8. The molecule has 1 heterocycles. The van der Waals surface area contributed by atoms with Crippen molar-refractivity contribution in [3.63, 3.8) is 0 Å².